The number of rotatable bonds is 4. The Hall–Kier alpha value is -1.07. The summed E-state index contributed by atoms with van der Waals surface area (Å²) in [6.45, 7) is 0. The van der Waals surface area contributed by atoms with Crippen molar-refractivity contribution in [3.8, 4) is 16.9 Å². The molecule has 0 aromatic heterocycles. The lowest BCUT2D eigenvalue weighted by Crippen LogP contribution is -2.18. The van der Waals surface area contributed by atoms with Crippen molar-refractivity contribution in [3.05, 3.63) is 53.0 Å². The Morgan fingerprint density at radius 2 is 1.42 bits per heavy atom. The maximum atomic E-state index is 13.0. The zero-order valence-electron chi connectivity index (χ0n) is 10.1. The molecule has 2 aromatic carbocycles. The van der Waals surface area contributed by atoms with Crippen LogP contribution >= 0.6 is 27.7 Å². The van der Waals surface area contributed by atoms with Crippen molar-refractivity contribution >= 4 is 27.7 Å². The van der Waals surface area contributed by atoms with Crippen LogP contribution in [0.25, 0.3) is 11.1 Å². The zero-order chi connectivity index (χ0) is 13.9. The van der Waals surface area contributed by atoms with Crippen LogP contribution in [0.2, 0.25) is 0 Å². The fourth-order valence-electron chi connectivity index (χ4n) is 1.54. The fourth-order valence-corrected chi connectivity index (χ4v) is 1.98. The molecule has 19 heavy (non-hydrogen) atoms. The van der Waals surface area contributed by atoms with Gasteiger partial charge in [0.05, 0.1) is 0 Å². The van der Waals surface area contributed by atoms with Gasteiger partial charge in [0.2, 0.25) is 0 Å². The Kier molecular flexibility index (Phi) is 4.47. The average Bonchev–Trinajstić information content (AvgIpc) is 2.40. The van der Waals surface area contributed by atoms with Gasteiger partial charge in [0.15, 0.2) is 0 Å². The molecule has 0 aliphatic rings. The van der Waals surface area contributed by atoms with Crippen molar-refractivity contribution < 1.29 is 13.5 Å². The first-order valence-corrected chi connectivity index (χ1v) is 7.50. The van der Waals surface area contributed by atoms with Gasteiger partial charge in [-0.05, 0) is 53.4 Å². The van der Waals surface area contributed by atoms with Gasteiger partial charge in [-0.2, -0.15) is 8.78 Å². The largest absolute Gasteiger partial charge is 0.452 e. The smallest absolute Gasteiger partial charge is 0.424 e. The van der Waals surface area contributed by atoms with Crippen LogP contribution in [0.5, 0.6) is 5.75 Å². The molecule has 0 spiro atoms. The Labute approximate surface area is 123 Å². The van der Waals surface area contributed by atoms with Gasteiger partial charge in [0.25, 0.3) is 0 Å². The van der Waals surface area contributed by atoms with E-state index in [0.29, 0.717) is 11.8 Å². The predicted molar refractivity (Wildman–Crippen MR) is 78.7 cm³/mol. The van der Waals surface area contributed by atoms with E-state index in [0.717, 1.165) is 15.6 Å². The topological polar surface area (TPSA) is 9.23 Å². The summed E-state index contributed by atoms with van der Waals surface area (Å²) in [5.41, 5.74) is -1.22. The van der Waals surface area contributed by atoms with Crippen LogP contribution in [0.1, 0.15) is 0 Å². The summed E-state index contributed by atoms with van der Waals surface area (Å²) in [6, 6.07) is 14.4. The van der Waals surface area contributed by atoms with Gasteiger partial charge < -0.3 is 4.74 Å². The third kappa shape index (κ3) is 3.94. The van der Waals surface area contributed by atoms with E-state index >= 15 is 0 Å². The van der Waals surface area contributed by atoms with E-state index in [-0.39, 0.29) is 5.75 Å². The number of benzene rings is 2. The SMILES string of the molecule is CSC(F)(F)Oc1ccc(-c2ccc(Br)cc2)cc1. The summed E-state index contributed by atoms with van der Waals surface area (Å²) < 4.78 is 31.7. The second kappa shape index (κ2) is 5.92. The van der Waals surface area contributed by atoms with Crippen molar-refractivity contribution in [1.29, 1.82) is 0 Å². The molecule has 0 unspecified atom stereocenters. The van der Waals surface area contributed by atoms with Gasteiger partial charge >= 0.3 is 5.44 Å². The Balaban J connectivity index is 2.16. The van der Waals surface area contributed by atoms with Crippen LogP contribution in [-0.2, 0) is 0 Å². The van der Waals surface area contributed by atoms with Crippen LogP contribution in [0.15, 0.2) is 53.0 Å². The molecule has 100 valence electrons. The highest BCUT2D eigenvalue weighted by Gasteiger charge is 2.30. The van der Waals surface area contributed by atoms with E-state index in [9.17, 15) is 8.78 Å². The lowest BCUT2D eigenvalue weighted by molar-refractivity contribution is -0.0875. The molecule has 0 aliphatic heterocycles. The molecule has 0 saturated heterocycles. The van der Waals surface area contributed by atoms with Crippen molar-refractivity contribution in [2.24, 2.45) is 0 Å². The maximum Gasteiger partial charge on any atom is 0.452 e. The molecule has 0 bridgehead atoms. The lowest BCUT2D eigenvalue weighted by Gasteiger charge is -2.15. The van der Waals surface area contributed by atoms with E-state index in [1.165, 1.54) is 6.26 Å². The molecule has 0 saturated carbocycles. The van der Waals surface area contributed by atoms with Crippen LogP contribution in [-0.4, -0.2) is 11.7 Å². The van der Waals surface area contributed by atoms with E-state index in [4.69, 9.17) is 0 Å². The second-order valence-corrected chi connectivity index (χ2v) is 5.60. The monoisotopic (exact) mass is 344 g/mol. The zero-order valence-corrected chi connectivity index (χ0v) is 12.5. The highest BCUT2D eigenvalue weighted by Crippen LogP contribution is 2.31. The second-order valence-electron chi connectivity index (χ2n) is 3.80. The Morgan fingerprint density at radius 3 is 1.89 bits per heavy atom. The first-order chi connectivity index (χ1) is 9.00. The van der Waals surface area contributed by atoms with E-state index in [1.807, 2.05) is 24.3 Å². The van der Waals surface area contributed by atoms with Crippen LogP contribution < -0.4 is 4.74 Å². The minimum atomic E-state index is -3.20. The van der Waals surface area contributed by atoms with Gasteiger partial charge in [-0.15, -0.1) is 0 Å². The molecule has 0 amide bonds. The van der Waals surface area contributed by atoms with Gasteiger partial charge in [0, 0.05) is 4.47 Å². The van der Waals surface area contributed by atoms with Gasteiger partial charge in [0.1, 0.15) is 5.75 Å². The van der Waals surface area contributed by atoms with Crippen molar-refractivity contribution in [1.82, 2.24) is 0 Å². The fraction of sp³-hybridized carbons (Fsp3) is 0.143. The number of hydrogen-bond donors (Lipinski definition) is 0. The molecular formula is C14H11BrF2OS. The summed E-state index contributed by atoms with van der Waals surface area (Å²) >= 11 is 3.73. The maximum absolute atomic E-state index is 13.0. The molecule has 0 fully saturated rings. The average molecular weight is 345 g/mol. The third-order valence-corrected chi connectivity index (χ3v) is 3.59. The summed E-state index contributed by atoms with van der Waals surface area (Å²) in [5, 5.41) is 0. The predicted octanol–water partition coefficient (Wildman–Crippen LogP) is 5.41. The summed E-state index contributed by atoms with van der Waals surface area (Å²) in [7, 11) is 0. The number of halogens is 3. The summed E-state index contributed by atoms with van der Waals surface area (Å²) in [5.74, 6) is 0.153. The Morgan fingerprint density at radius 1 is 0.947 bits per heavy atom. The number of thioether (sulfide) groups is 1. The van der Waals surface area contributed by atoms with Gasteiger partial charge in [-0.1, -0.05) is 40.2 Å². The van der Waals surface area contributed by atoms with Gasteiger partial charge in [-0.3, -0.25) is 0 Å². The number of alkyl halides is 2. The molecular weight excluding hydrogens is 334 g/mol. The van der Waals surface area contributed by atoms with Gasteiger partial charge in [-0.25, -0.2) is 0 Å². The molecule has 2 aromatic rings. The molecule has 1 nitrogen and oxygen atoms in total. The first-order valence-electron chi connectivity index (χ1n) is 5.48. The normalized spacial score (nSPS) is 11.4. The van der Waals surface area contributed by atoms with Crippen LogP contribution in [0.4, 0.5) is 8.78 Å². The Bertz CT molecular complexity index is 540. The highest BCUT2D eigenvalue weighted by atomic mass is 79.9. The van der Waals surface area contributed by atoms with Crippen molar-refractivity contribution in [3.63, 3.8) is 0 Å². The minimum absolute atomic E-state index is 0.153. The molecule has 0 heterocycles. The number of ether oxygens (including phenoxy) is 1. The highest BCUT2D eigenvalue weighted by molar-refractivity contribution is 9.10. The lowest BCUT2D eigenvalue weighted by atomic mass is 10.1. The first kappa shape index (κ1) is 14.3. The minimum Gasteiger partial charge on any atom is -0.424 e. The van der Waals surface area contributed by atoms with Crippen molar-refractivity contribution in [2.75, 3.05) is 6.26 Å². The van der Waals surface area contributed by atoms with E-state index < -0.39 is 5.44 Å². The third-order valence-electron chi connectivity index (χ3n) is 2.51. The standard InChI is InChI=1S/C14H11BrF2OS/c1-19-14(16,17)18-13-8-4-11(5-9-13)10-2-6-12(15)7-3-10/h2-9H,1H3. The molecule has 0 N–H and O–H groups in total. The molecule has 0 aliphatic carbocycles. The van der Waals surface area contributed by atoms with E-state index in [2.05, 4.69) is 20.7 Å². The van der Waals surface area contributed by atoms with E-state index in [1.54, 1.807) is 24.3 Å². The molecule has 0 radical (unpaired) electrons. The summed E-state index contributed by atoms with van der Waals surface area (Å²) in [6.07, 6.45) is 1.30. The summed E-state index contributed by atoms with van der Waals surface area (Å²) in [4.78, 5) is 0. The molecule has 2 rings (SSSR count). The quantitative estimate of drug-likeness (QED) is 0.686. The number of hydrogen-bond acceptors (Lipinski definition) is 2. The molecule has 0 atom stereocenters. The van der Waals surface area contributed by atoms with Crippen molar-refractivity contribution in [2.45, 2.75) is 5.44 Å². The van der Waals surface area contributed by atoms with Crippen LogP contribution in [0.3, 0.4) is 0 Å². The molecule has 5 heteroatoms. The van der Waals surface area contributed by atoms with Crippen LogP contribution in [0, 0.1) is 0 Å².